The van der Waals surface area contributed by atoms with Gasteiger partial charge in [-0.3, -0.25) is 4.99 Å². The van der Waals surface area contributed by atoms with E-state index in [0.717, 1.165) is 18.5 Å². The Balaban J connectivity index is 1.84. The van der Waals surface area contributed by atoms with Gasteiger partial charge in [0.05, 0.1) is 5.69 Å². The van der Waals surface area contributed by atoms with E-state index in [1.165, 1.54) is 33.4 Å². The second-order valence-corrected chi connectivity index (χ2v) is 6.19. The molecule has 1 aliphatic carbocycles. The molecule has 0 unspecified atom stereocenters. The number of hydrogen-bond acceptors (Lipinski definition) is 1. The van der Waals surface area contributed by atoms with Crippen LogP contribution in [0.25, 0.3) is 5.57 Å². The molecule has 0 saturated heterocycles. The molecular formula is C22H23N. The summed E-state index contributed by atoms with van der Waals surface area (Å²) in [5, 5.41) is 0. The summed E-state index contributed by atoms with van der Waals surface area (Å²) in [6, 6.07) is 18.8. The summed E-state index contributed by atoms with van der Waals surface area (Å²) >= 11 is 0. The first-order chi connectivity index (χ1) is 11.2. The Kier molecular flexibility index (Phi) is 4.57. The lowest BCUT2D eigenvalue weighted by atomic mass is 9.94. The summed E-state index contributed by atoms with van der Waals surface area (Å²) in [5.41, 5.74) is 9.59. The molecule has 1 heteroatoms. The number of nitrogens with zero attached hydrogens (tertiary/aromatic N) is 1. The van der Waals surface area contributed by atoms with E-state index in [9.17, 15) is 0 Å². The van der Waals surface area contributed by atoms with E-state index in [2.05, 4.69) is 50.0 Å². The first kappa shape index (κ1) is 15.5. The molecule has 0 amide bonds. The zero-order chi connectivity index (χ0) is 16.2. The summed E-state index contributed by atoms with van der Waals surface area (Å²) in [5.74, 6) is 0. The molecule has 0 N–H and O–H groups in total. The van der Waals surface area contributed by atoms with Gasteiger partial charge in [0.25, 0.3) is 0 Å². The van der Waals surface area contributed by atoms with Crippen molar-refractivity contribution < 1.29 is 0 Å². The summed E-state index contributed by atoms with van der Waals surface area (Å²) in [6.07, 6.45) is 3.95. The van der Waals surface area contributed by atoms with Crippen LogP contribution < -0.4 is 0 Å². The van der Waals surface area contributed by atoms with E-state index in [-0.39, 0.29) is 0 Å². The van der Waals surface area contributed by atoms with Crippen molar-refractivity contribution >= 4 is 17.5 Å². The quantitative estimate of drug-likeness (QED) is 0.601. The molecule has 1 aliphatic rings. The molecule has 0 atom stereocenters. The summed E-state index contributed by atoms with van der Waals surface area (Å²) < 4.78 is 0. The number of hydrogen-bond donors (Lipinski definition) is 0. The molecule has 0 heterocycles. The highest BCUT2D eigenvalue weighted by atomic mass is 14.7. The second kappa shape index (κ2) is 6.78. The summed E-state index contributed by atoms with van der Waals surface area (Å²) in [6.45, 7) is 6.72. The Morgan fingerprint density at radius 1 is 0.870 bits per heavy atom. The van der Waals surface area contributed by atoms with Crippen LogP contribution in [0.4, 0.5) is 5.69 Å². The van der Waals surface area contributed by atoms with Gasteiger partial charge in [-0.05, 0) is 67.2 Å². The average Bonchev–Trinajstić information content (AvgIpc) is 2.84. The first-order valence-corrected chi connectivity index (χ1v) is 8.19. The van der Waals surface area contributed by atoms with Crippen LogP contribution in [-0.2, 0) is 6.42 Å². The molecule has 23 heavy (non-hydrogen) atoms. The number of rotatable bonds is 4. The Bertz CT molecular complexity index is 792. The molecule has 0 bridgehead atoms. The van der Waals surface area contributed by atoms with Crippen LogP contribution in [0, 0.1) is 0 Å². The van der Waals surface area contributed by atoms with Crippen LogP contribution in [-0.4, -0.2) is 6.21 Å². The predicted molar refractivity (Wildman–Crippen MR) is 100 cm³/mol. The van der Waals surface area contributed by atoms with Gasteiger partial charge < -0.3 is 0 Å². The van der Waals surface area contributed by atoms with Crippen molar-refractivity contribution in [2.24, 2.45) is 4.99 Å². The Morgan fingerprint density at radius 2 is 1.57 bits per heavy atom. The van der Waals surface area contributed by atoms with E-state index in [4.69, 9.17) is 0 Å². The average molecular weight is 301 g/mol. The Labute approximate surface area is 139 Å². The maximum atomic E-state index is 4.57. The smallest absolute Gasteiger partial charge is 0.0625 e. The topological polar surface area (TPSA) is 12.4 Å². The third kappa shape index (κ3) is 3.34. The molecule has 0 saturated carbocycles. The molecule has 0 fully saturated rings. The summed E-state index contributed by atoms with van der Waals surface area (Å²) in [7, 11) is 0. The van der Waals surface area contributed by atoms with Gasteiger partial charge >= 0.3 is 0 Å². The molecule has 0 spiro atoms. The maximum Gasteiger partial charge on any atom is 0.0625 e. The van der Waals surface area contributed by atoms with Crippen molar-refractivity contribution in [3.63, 3.8) is 0 Å². The van der Waals surface area contributed by atoms with Gasteiger partial charge in [0.1, 0.15) is 0 Å². The van der Waals surface area contributed by atoms with Gasteiger partial charge in [-0.15, -0.1) is 0 Å². The monoisotopic (exact) mass is 301 g/mol. The molecule has 116 valence electrons. The minimum absolute atomic E-state index is 0.861. The van der Waals surface area contributed by atoms with Gasteiger partial charge in [0.2, 0.25) is 0 Å². The van der Waals surface area contributed by atoms with E-state index in [1.807, 2.05) is 36.5 Å². The third-order valence-electron chi connectivity index (χ3n) is 4.75. The van der Waals surface area contributed by atoms with Gasteiger partial charge in [0, 0.05) is 12.6 Å². The van der Waals surface area contributed by atoms with Crippen molar-refractivity contribution in [2.45, 2.75) is 33.6 Å². The van der Waals surface area contributed by atoms with Crippen molar-refractivity contribution in [1.82, 2.24) is 0 Å². The first-order valence-electron chi connectivity index (χ1n) is 8.19. The fourth-order valence-electron chi connectivity index (χ4n) is 3.13. The lowest BCUT2D eigenvalue weighted by Crippen LogP contribution is -1.95. The van der Waals surface area contributed by atoms with E-state index in [0.29, 0.717) is 0 Å². The zero-order valence-electron chi connectivity index (χ0n) is 14.1. The molecule has 3 rings (SSSR count). The summed E-state index contributed by atoms with van der Waals surface area (Å²) in [4.78, 5) is 4.57. The van der Waals surface area contributed by atoms with E-state index < -0.39 is 0 Å². The van der Waals surface area contributed by atoms with Gasteiger partial charge in [-0.25, -0.2) is 0 Å². The highest BCUT2D eigenvalue weighted by Crippen LogP contribution is 2.38. The van der Waals surface area contributed by atoms with E-state index in [1.54, 1.807) is 0 Å². The van der Waals surface area contributed by atoms with Crippen molar-refractivity contribution in [3.05, 3.63) is 82.4 Å². The third-order valence-corrected chi connectivity index (χ3v) is 4.75. The highest BCUT2D eigenvalue weighted by molar-refractivity contribution is 5.81. The molecular weight excluding hydrogens is 278 g/mol. The number of benzene rings is 2. The Hall–Kier alpha value is -2.41. The van der Waals surface area contributed by atoms with Crippen molar-refractivity contribution in [2.75, 3.05) is 0 Å². The number of aliphatic imine (C=N–C) groups is 1. The lowest BCUT2D eigenvalue weighted by molar-refractivity contribution is 1.21. The van der Waals surface area contributed by atoms with Crippen LogP contribution >= 0.6 is 0 Å². The predicted octanol–water partition coefficient (Wildman–Crippen LogP) is 6.15. The van der Waals surface area contributed by atoms with Gasteiger partial charge in [0.15, 0.2) is 0 Å². The fraction of sp³-hybridized carbons (Fsp3) is 0.227. The van der Waals surface area contributed by atoms with Crippen LogP contribution in [0.2, 0.25) is 0 Å². The van der Waals surface area contributed by atoms with E-state index >= 15 is 0 Å². The maximum absolute atomic E-state index is 4.57. The molecule has 2 aromatic carbocycles. The Morgan fingerprint density at radius 3 is 2.26 bits per heavy atom. The SMILES string of the molecule is CC1=C(C)C(C)=C(c2ccccc2CC=Nc2ccccc2)C1. The van der Waals surface area contributed by atoms with Crippen molar-refractivity contribution in [3.8, 4) is 0 Å². The molecule has 2 aromatic rings. The minimum Gasteiger partial charge on any atom is -0.261 e. The van der Waals surface area contributed by atoms with Crippen LogP contribution in [0.15, 0.2) is 76.3 Å². The second-order valence-electron chi connectivity index (χ2n) is 6.19. The zero-order valence-corrected chi connectivity index (χ0v) is 14.1. The molecule has 0 aliphatic heterocycles. The van der Waals surface area contributed by atoms with Crippen LogP contribution in [0.5, 0.6) is 0 Å². The molecule has 0 aromatic heterocycles. The normalized spacial score (nSPS) is 15.1. The lowest BCUT2D eigenvalue weighted by Gasteiger charge is -2.11. The van der Waals surface area contributed by atoms with Crippen LogP contribution in [0.1, 0.15) is 38.3 Å². The van der Waals surface area contributed by atoms with Gasteiger partial charge in [-0.1, -0.05) is 48.0 Å². The minimum atomic E-state index is 0.861. The van der Waals surface area contributed by atoms with Crippen LogP contribution in [0.3, 0.4) is 0 Å². The molecule has 1 nitrogen and oxygen atoms in total. The van der Waals surface area contributed by atoms with Gasteiger partial charge in [-0.2, -0.15) is 0 Å². The number of allylic oxidation sites excluding steroid dienone is 4. The largest absolute Gasteiger partial charge is 0.261 e. The molecule has 0 radical (unpaired) electrons. The standard InChI is InChI=1S/C22H23N/c1-16-15-22(18(3)17(16)2)21-12-8-7-9-19(21)13-14-23-20-10-5-4-6-11-20/h4-12,14H,13,15H2,1-3H3. The fourth-order valence-corrected chi connectivity index (χ4v) is 3.13. The van der Waals surface area contributed by atoms with Crippen molar-refractivity contribution in [1.29, 1.82) is 0 Å². The highest BCUT2D eigenvalue weighted by Gasteiger charge is 2.18. The number of para-hydroxylation sites is 1.